The Morgan fingerprint density at radius 3 is 2.55 bits per heavy atom. The van der Waals surface area contributed by atoms with Crippen LogP contribution in [0.15, 0.2) is 9.59 Å². The summed E-state index contributed by atoms with van der Waals surface area (Å²) in [5.41, 5.74) is -1.02. The monoisotopic (exact) mass is 156 g/mol. The molecule has 11 heavy (non-hydrogen) atoms. The van der Waals surface area contributed by atoms with Gasteiger partial charge in [0, 0.05) is 7.05 Å². The number of aromatic amines is 1. The molecule has 0 fully saturated rings. The third-order valence-corrected chi connectivity index (χ3v) is 1.52. The molecule has 0 spiro atoms. The first-order valence-electron chi connectivity index (χ1n) is 3.03. The Balaban J connectivity index is 3.73. The van der Waals surface area contributed by atoms with Crippen molar-refractivity contribution in [1.29, 1.82) is 0 Å². The molecule has 0 aliphatic heterocycles. The van der Waals surface area contributed by atoms with Crippen LogP contribution in [0.25, 0.3) is 0 Å². The van der Waals surface area contributed by atoms with Gasteiger partial charge in [-0.1, -0.05) is 0 Å². The quantitative estimate of drug-likeness (QED) is 0.510. The number of hydrogen-bond donors (Lipinski definition) is 2. The van der Waals surface area contributed by atoms with E-state index in [1.165, 1.54) is 14.0 Å². The second-order valence-corrected chi connectivity index (χ2v) is 2.27. The van der Waals surface area contributed by atoms with Crippen molar-refractivity contribution in [2.75, 3.05) is 0 Å². The maximum absolute atomic E-state index is 10.8. The maximum atomic E-state index is 10.8. The molecule has 0 aliphatic rings. The molecule has 0 radical (unpaired) electrons. The summed E-state index contributed by atoms with van der Waals surface area (Å²) in [4.78, 5) is 23.6. The molecule has 0 aromatic carbocycles. The van der Waals surface area contributed by atoms with Crippen LogP contribution in [0.4, 0.5) is 0 Å². The average molecular weight is 156 g/mol. The molecule has 0 saturated heterocycles. The number of nitrogens with one attached hydrogen (secondary N) is 1. The van der Waals surface area contributed by atoms with Gasteiger partial charge in [-0.3, -0.25) is 14.3 Å². The Morgan fingerprint density at radius 2 is 2.00 bits per heavy atom. The van der Waals surface area contributed by atoms with Crippen LogP contribution in [0, 0.1) is 6.92 Å². The van der Waals surface area contributed by atoms with Gasteiger partial charge >= 0.3 is 5.69 Å². The lowest BCUT2D eigenvalue weighted by atomic mass is 10.4. The van der Waals surface area contributed by atoms with Crippen molar-refractivity contribution in [3.63, 3.8) is 0 Å². The van der Waals surface area contributed by atoms with Crippen molar-refractivity contribution in [2.45, 2.75) is 6.92 Å². The van der Waals surface area contributed by atoms with E-state index in [1.54, 1.807) is 0 Å². The number of H-pyrrole nitrogens is 1. The van der Waals surface area contributed by atoms with Crippen molar-refractivity contribution in [1.82, 2.24) is 9.55 Å². The lowest BCUT2D eigenvalue weighted by molar-refractivity contribution is 0.413. The van der Waals surface area contributed by atoms with E-state index in [4.69, 9.17) is 5.11 Å². The van der Waals surface area contributed by atoms with Gasteiger partial charge in [0.1, 0.15) is 0 Å². The van der Waals surface area contributed by atoms with Crippen molar-refractivity contribution in [3.8, 4) is 5.88 Å². The Labute approximate surface area is 61.9 Å². The van der Waals surface area contributed by atoms with Crippen LogP contribution in [0.5, 0.6) is 5.88 Å². The highest BCUT2D eigenvalue weighted by Crippen LogP contribution is 2.04. The van der Waals surface area contributed by atoms with Crippen LogP contribution in [-0.4, -0.2) is 14.7 Å². The molecular formula is C6H8N2O3. The van der Waals surface area contributed by atoms with Crippen LogP contribution in [-0.2, 0) is 7.05 Å². The second kappa shape index (κ2) is 2.26. The summed E-state index contributed by atoms with van der Waals surface area (Å²) in [5.74, 6) is -0.293. The summed E-state index contributed by atoms with van der Waals surface area (Å²) in [7, 11) is 1.38. The fraction of sp³-hybridized carbons (Fsp3) is 0.333. The van der Waals surface area contributed by atoms with Crippen molar-refractivity contribution in [2.24, 2.45) is 7.05 Å². The summed E-state index contributed by atoms with van der Waals surface area (Å²) in [6, 6.07) is 0. The predicted octanol–water partition coefficient (Wildman–Crippen LogP) is -0.912. The summed E-state index contributed by atoms with van der Waals surface area (Å²) in [6.07, 6.45) is 0. The van der Waals surface area contributed by atoms with E-state index in [-0.39, 0.29) is 11.4 Å². The number of hydrogen-bond acceptors (Lipinski definition) is 3. The third-order valence-electron chi connectivity index (χ3n) is 1.52. The molecule has 0 saturated carbocycles. The topological polar surface area (TPSA) is 75.1 Å². The Morgan fingerprint density at radius 1 is 1.45 bits per heavy atom. The molecule has 0 aliphatic carbocycles. The summed E-state index contributed by atoms with van der Waals surface area (Å²) in [5, 5.41) is 9.11. The van der Waals surface area contributed by atoms with Crippen LogP contribution >= 0.6 is 0 Å². The first-order chi connectivity index (χ1) is 5.04. The molecule has 0 atom stereocenters. The van der Waals surface area contributed by atoms with Gasteiger partial charge in [-0.25, -0.2) is 4.79 Å². The lowest BCUT2D eigenvalue weighted by Gasteiger charge is -2.01. The largest absolute Gasteiger partial charge is 0.494 e. The van der Waals surface area contributed by atoms with E-state index in [9.17, 15) is 9.59 Å². The van der Waals surface area contributed by atoms with E-state index < -0.39 is 11.2 Å². The highest BCUT2D eigenvalue weighted by Gasteiger charge is 2.04. The molecule has 2 N–H and O–H groups in total. The van der Waals surface area contributed by atoms with Gasteiger partial charge in [-0.05, 0) is 6.92 Å². The molecule has 1 aromatic heterocycles. The molecule has 5 nitrogen and oxygen atoms in total. The summed E-state index contributed by atoms with van der Waals surface area (Å²) in [6.45, 7) is 1.44. The van der Waals surface area contributed by atoms with Gasteiger partial charge in [0.2, 0.25) is 5.88 Å². The van der Waals surface area contributed by atoms with Crippen molar-refractivity contribution in [3.05, 3.63) is 26.4 Å². The van der Waals surface area contributed by atoms with E-state index in [0.29, 0.717) is 0 Å². The number of rotatable bonds is 0. The van der Waals surface area contributed by atoms with E-state index in [2.05, 4.69) is 0 Å². The lowest BCUT2D eigenvalue weighted by Crippen LogP contribution is -2.29. The van der Waals surface area contributed by atoms with E-state index in [0.717, 1.165) is 4.57 Å². The van der Waals surface area contributed by atoms with Gasteiger partial charge in [0.05, 0.1) is 5.56 Å². The standard InChI is InChI=1S/C6H8N2O3/c1-3-4(9)7-6(11)8(2)5(3)10/h10H,1-2H3,(H,7,9,11). The van der Waals surface area contributed by atoms with Crippen LogP contribution in [0.1, 0.15) is 5.56 Å². The zero-order valence-electron chi connectivity index (χ0n) is 6.21. The summed E-state index contributed by atoms with van der Waals surface area (Å²) >= 11 is 0. The van der Waals surface area contributed by atoms with Gasteiger partial charge in [-0.2, -0.15) is 0 Å². The zero-order chi connectivity index (χ0) is 8.59. The first-order valence-corrected chi connectivity index (χ1v) is 3.03. The SMILES string of the molecule is Cc1c(O)n(C)c(=O)[nH]c1=O. The molecule has 1 aromatic rings. The van der Waals surface area contributed by atoms with Gasteiger partial charge in [-0.15, -0.1) is 0 Å². The van der Waals surface area contributed by atoms with Gasteiger partial charge in [0.25, 0.3) is 5.56 Å². The highest BCUT2D eigenvalue weighted by molar-refractivity contribution is 5.19. The average Bonchev–Trinajstić information content (AvgIpc) is 1.97. The van der Waals surface area contributed by atoms with Gasteiger partial charge in [0.15, 0.2) is 0 Å². The Hall–Kier alpha value is -1.52. The Kier molecular flexibility index (Phi) is 1.56. The Bertz CT molecular complexity index is 354. The van der Waals surface area contributed by atoms with E-state index >= 15 is 0 Å². The van der Waals surface area contributed by atoms with Crippen LogP contribution in [0.2, 0.25) is 0 Å². The molecule has 0 bridgehead atoms. The summed E-state index contributed by atoms with van der Waals surface area (Å²) < 4.78 is 0.969. The number of aromatic nitrogens is 2. The van der Waals surface area contributed by atoms with Crippen LogP contribution < -0.4 is 11.2 Å². The normalized spacial score (nSPS) is 10.0. The molecule has 5 heteroatoms. The highest BCUT2D eigenvalue weighted by atomic mass is 16.3. The third kappa shape index (κ3) is 1.04. The molecule has 0 amide bonds. The second-order valence-electron chi connectivity index (χ2n) is 2.27. The molecule has 1 rings (SSSR count). The maximum Gasteiger partial charge on any atom is 0.330 e. The van der Waals surface area contributed by atoms with Crippen LogP contribution in [0.3, 0.4) is 0 Å². The minimum absolute atomic E-state index is 0.145. The van der Waals surface area contributed by atoms with Gasteiger partial charge < -0.3 is 5.11 Å². The fourth-order valence-corrected chi connectivity index (χ4v) is 0.724. The number of aromatic hydroxyl groups is 1. The minimum atomic E-state index is -0.613. The number of nitrogens with zero attached hydrogens (tertiary/aromatic N) is 1. The fourth-order valence-electron chi connectivity index (χ4n) is 0.724. The van der Waals surface area contributed by atoms with Crippen molar-refractivity contribution < 1.29 is 5.11 Å². The smallest absolute Gasteiger partial charge is 0.330 e. The molecule has 1 heterocycles. The van der Waals surface area contributed by atoms with E-state index in [1.807, 2.05) is 4.98 Å². The molecule has 0 unspecified atom stereocenters. The zero-order valence-corrected chi connectivity index (χ0v) is 6.21. The van der Waals surface area contributed by atoms with Crippen molar-refractivity contribution >= 4 is 0 Å². The molecular weight excluding hydrogens is 148 g/mol. The predicted molar refractivity (Wildman–Crippen MR) is 38.7 cm³/mol. The first kappa shape index (κ1) is 7.59. The minimum Gasteiger partial charge on any atom is -0.494 e. The molecule has 60 valence electrons.